The van der Waals surface area contributed by atoms with Gasteiger partial charge in [-0.3, -0.25) is 9.89 Å². The Balaban J connectivity index is 1.75. The summed E-state index contributed by atoms with van der Waals surface area (Å²) in [6.07, 6.45) is -0.228. The van der Waals surface area contributed by atoms with Crippen LogP contribution < -0.4 is 4.90 Å². The number of amides is 1. The van der Waals surface area contributed by atoms with Crippen LogP contribution in [0.2, 0.25) is 0 Å². The molecule has 7 heteroatoms. The van der Waals surface area contributed by atoms with Crippen LogP contribution in [0.1, 0.15) is 48.8 Å². The fraction of sp³-hybridized carbons (Fsp3) is 0.526. The third-order valence-corrected chi connectivity index (χ3v) is 4.50. The van der Waals surface area contributed by atoms with Crippen molar-refractivity contribution in [3.63, 3.8) is 0 Å². The summed E-state index contributed by atoms with van der Waals surface area (Å²) in [6.45, 7) is 7.77. The predicted molar refractivity (Wildman–Crippen MR) is 100 cm³/mol. The van der Waals surface area contributed by atoms with Crippen LogP contribution in [0.5, 0.6) is 0 Å². The molecule has 1 aliphatic rings. The molecule has 1 saturated heterocycles. The summed E-state index contributed by atoms with van der Waals surface area (Å²) in [6, 6.07) is 7.70. The second-order valence-corrected chi connectivity index (χ2v) is 7.84. The van der Waals surface area contributed by atoms with E-state index in [0.717, 1.165) is 17.2 Å². The van der Waals surface area contributed by atoms with Crippen molar-refractivity contribution in [1.29, 1.82) is 0 Å². The molecule has 1 N–H and O–H groups in total. The summed E-state index contributed by atoms with van der Waals surface area (Å²) in [5.74, 6) is 0.797. The SMILES string of the molecule is CN(C)c1cccc([C@H]2CN(C(=O)c3cc(C(C)(C)C)[nH]n3)CCO2)n1. The van der Waals surface area contributed by atoms with Crippen LogP contribution in [-0.2, 0) is 10.2 Å². The zero-order valence-corrected chi connectivity index (χ0v) is 16.1. The highest BCUT2D eigenvalue weighted by Crippen LogP contribution is 2.25. The number of morpholine rings is 1. The topological polar surface area (TPSA) is 74.4 Å². The lowest BCUT2D eigenvalue weighted by Crippen LogP contribution is -2.42. The summed E-state index contributed by atoms with van der Waals surface area (Å²) >= 11 is 0. The van der Waals surface area contributed by atoms with Crippen molar-refractivity contribution < 1.29 is 9.53 Å². The summed E-state index contributed by atoms with van der Waals surface area (Å²) in [7, 11) is 3.90. The smallest absolute Gasteiger partial charge is 0.274 e. The van der Waals surface area contributed by atoms with Crippen LogP contribution in [-0.4, -0.2) is 59.8 Å². The molecular formula is C19H27N5O2. The second kappa shape index (κ2) is 7.07. The molecule has 0 saturated carbocycles. The van der Waals surface area contributed by atoms with Gasteiger partial charge < -0.3 is 14.5 Å². The fourth-order valence-electron chi connectivity index (χ4n) is 2.86. The number of nitrogens with zero attached hydrogens (tertiary/aromatic N) is 4. The third-order valence-electron chi connectivity index (χ3n) is 4.50. The van der Waals surface area contributed by atoms with Gasteiger partial charge in [0.1, 0.15) is 17.6 Å². The monoisotopic (exact) mass is 357 g/mol. The highest BCUT2D eigenvalue weighted by atomic mass is 16.5. The lowest BCUT2D eigenvalue weighted by molar-refractivity contribution is -0.0248. The van der Waals surface area contributed by atoms with Gasteiger partial charge in [0.05, 0.1) is 18.8 Å². The Kier molecular flexibility index (Phi) is 5.00. The van der Waals surface area contributed by atoms with Crippen LogP contribution in [0, 0.1) is 0 Å². The zero-order chi connectivity index (χ0) is 18.9. The van der Waals surface area contributed by atoms with E-state index in [2.05, 4.69) is 36.0 Å². The van der Waals surface area contributed by atoms with Gasteiger partial charge >= 0.3 is 0 Å². The maximum Gasteiger partial charge on any atom is 0.274 e. The van der Waals surface area contributed by atoms with Gasteiger partial charge in [0.25, 0.3) is 5.91 Å². The number of hydrogen-bond donors (Lipinski definition) is 1. The lowest BCUT2D eigenvalue weighted by Gasteiger charge is -2.32. The van der Waals surface area contributed by atoms with Crippen molar-refractivity contribution in [2.45, 2.75) is 32.3 Å². The minimum absolute atomic E-state index is 0.0738. The van der Waals surface area contributed by atoms with Crippen molar-refractivity contribution in [2.24, 2.45) is 0 Å². The van der Waals surface area contributed by atoms with Crippen LogP contribution >= 0.6 is 0 Å². The molecule has 0 bridgehead atoms. The van der Waals surface area contributed by atoms with Crippen LogP contribution in [0.15, 0.2) is 24.3 Å². The van der Waals surface area contributed by atoms with Gasteiger partial charge in [0.2, 0.25) is 0 Å². The van der Waals surface area contributed by atoms with E-state index in [-0.39, 0.29) is 17.4 Å². The standard InChI is InChI=1S/C19H27N5O2/c1-19(2,3)16-11-14(21-22-16)18(25)24-9-10-26-15(12-24)13-7-6-8-17(20-13)23(4)5/h6-8,11,15H,9-10,12H2,1-5H3,(H,21,22)/t15-/m1/s1. The number of carbonyl (C=O) groups is 1. The maximum absolute atomic E-state index is 12.9. The number of anilines is 1. The number of hydrogen-bond acceptors (Lipinski definition) is 5. The fourth-order valence-corrected chi connectivity index (χ4v) is 2.86. The molecule has 0 unspecified atom stereocenters. The Hall–Kier alpha value is -2.41. The number of H-pyrrole nitrogens is 1. The number of aromatic nitrogens is 3. The van der Waals surface area contributed by atoms with E-state index < -0.39 is 0 Å². The minimum Gasteiger partial charge on any atom is -0.368 e. The molecule has 0 spiro atoms. The first kappa shape index (κ1) is 18.4. The van der Waals surface area contributed by atoms with Crippen molar-refractivity contribution in [1.82, 2.24) is 20.1 Å². The molecule has 1 amide bonds. The lowest BCUT2D eigenvalue weighted by atomic mass is 9.92. The van der Waals surface area contributed by atoms with Gasteiger partial charge in [0.15, 0.2) is 0 Å². The van der Waals surface area contributed by atoms with E-state index in [0.29, 0.717) is 25.4 Å². The average Bonchev–Trinajstić information content (AvgIpc) is 3.12. The molecule has 0 aliphatic carbocycles. The third kappa shape index (κ3) is 3.88. The Labute approximate surface area is 154 Å². The number of pyridine rings is 1. The molecule has 2 aromatic rings. The molecule has 140 valence electrons. The normalized spacial score (nSPS) is 18.0. The largest absolute Gasteiger partial charge is 0.368 e. The summed E-state index contributed by atoms with van der Waals surface area (Å²) in [4.78, 5) is 21.2. The molecular weight excluding hydrogens is 330 g/mol. The van der Waals surface area contributed by atoms with Crippen molar-refractivity contribution >= 4 is 11.7 Å². The van der Waals surface area contributed by atoms with Gasteiger partial charge in [-0.1, -0.05) is 26.8 Å². The van der Waals surface area contributed by atoms with Gasteiger partial charge in [-0.15, -0.1) is 0 Å². The van der Waals surface area contributed by atoms with Crippen LogP contribution in [0.4, 0.5) is 5.82 Å². The zero-order valence-electron chi connectivity index (χ0n) is 16.1. The van der Waals surface area contributed by atoms with E-state index in [9.17, 15) is 4.79 Å². The first-order valence-electron chi connectivity index (χ1n) is 8.87. The Morgan fingerprint density at radius 2 is 2.12 bits per heavy atom. The number of aromatic amines is 1. The molecule has 7 nitrogen and oxygen atoms in total. The molecule has 1 atom stereocenters. The molecule has 1 aliphatic heterocycles. The van der Waals surface area contributed by atoms with Crippen LogP contribution in [0.25, 0.3) is 0 Å². The first-order chi connectivity index (χ1) is 12.3. The average molecular weight is 357 g/mol. The van der Waals surface area contributed by atoms with E-state index in [4.69, 9.17) is 4.74 Å². The van der Waals surface area contributed by atoms with E-state index in [1.807, 2.05) is 43.3 Å². The van der Waals surface area contributed by atoms with Crippen molar-refractivity contribution in [3.05, 3.63) is 41.3 Å². The van der Waals surface area contributed by atoms with Gasteiger partial charge in [-0.05, 0) is 18.2 Å². The molecule has 3 heterocycles. The number of rotatable bonds is 3. The van der Waals surface area contributed by atoms with Gasteiger partial charge in [0, 0.05) is 31.7 Å². The quantitative estimate of drug-likeness (QED) is 0.913. The molecule has 0 aromatic carbocycles. The highest BCUT2D eigenvalue weighted by Gasteiger charge is 2.29. The van der Waals surface area contributed by atoms with E-state index >= 15 is 0 Å². The van der Waals surface area contributed by atoms with Gasteiger partial charge in [-0.25, -0.2) is 4.98 Å². The van der Waals surface area contributed by atoms with Gasteiger partial charge in [-0.2, -0.15) is 5.10 Å². The van der Waals surface area contributed by atoms with Crippen LogP contribution in [0.3, 0.4) is 0 Å². The first-order valence-corrected chi connectivity index (χ1v) is 8.87. The Morgan fingerprint density at radius 1 is 1.35 bits per heavy atom. The summed E-state index contributed by atoms with van der Waals surface area (Å²) in [5.41, 5.74) is 2.16. The molecule has 3 rings (SSSR count). The molecule has 1 fully saturated rings. The maximum atomic E-state index is 12.9. The Morgan fingerprint density at radius 3 is 2.77 bits per heavy atom. The number of ether oxygens (including phenoxy) is 1. The highest BCUT2D eigenvalue weighted by molar-refractivity contribution is 5.92. The predicted octanol–water partition coefficient (Wildman–Crippen LogP) is 2.38. The van der Waals surface area contributed by atoms with Crippen molar-refractivity contribution in [2.75, 3.05) is 38.7 Å². The molecule has 26 heavy (non-hydrogen) atoms. The van der Waals surface area contributed by atoms with E-state index in [1.54, 1.807) is 4.90 Å². The minimum atomic E-state index is -0.228. The molecule has 2 aromatic heterocycles. The number of carbonyl (C=O) groups excluding carboxylic acids is 1. The van der Waals surface area contributed by atoms with Crippen molar-refractivity contribution in [3.8, 4) is 0 Å². The Bertz CT molecular complexity index is 778. The molecule has 0 radical (unpaired) electrons. The summed E-state index contributed by atoms with van der Waals surface area (Å²) < 4.78 is 5.87. The second-order valence-electron chi connectivity index (χ2n) is 7.84. The van der Waals surface area contributed by atoms with E-state index in [1.165, 1.54) is 0 Å². The number of nitrogens with one attached hydrogen (secondary N) is 1. The summed E-state index contributed by atoms with van der Waals surface area (Å²) in [5, 5.41) is 7.20.